The highest BCUT2D eigenvalue weighted by Gasteiger charge is 2.41. The minimum Gasteiger partial charge on any atom is -0.492 e. The summed E-state index contributed by atoms with van der Waals surface area (Å²) in [5, 5.41) is 3.53. The van der Waals surface area contributed by atoms with Crippen molar-refractivity contribution in [3.8, 4) is 16.5 Å². The molecule has 1 aliphatic rings. The molecule has 1 fully saturated rings. The predicted molar refractivity (Wildman–Crippen MR) is 96.7 cm³/mol. The third kappa shape index (κ3) is 3.35. The van der Waals surface area contributed by atoms with Gasteiger partial charge in [-0.25, -0.2) is 8.42 Å². The summed E-state index contributed by atoms with van der Waals surface area (Å²) < 4.78 is 50.9. The summed E-state index contributed by atoms with van der Waals surface area (Å²) in [4.78, 5) is 4.98. The summed E-state index contributed by atoms with van der Waals surface area (Å²) in [7, 11) is -3.67. The molecule has 0 spiro atoms. The molecule has 3 heterocycles. The van der Waals surface area contributed by atoms with Crippen molar-refractivity contribution in [2.45, 2.75) is 17.7 Å². The zero-order valence-electron chi connectivity index (χ0n) is 14.3. The molecule has 7 nitrogen and oxygen atoms in total. The number of ether oxygens (including phenoxy) is 1. The predicted octanol–water partition coefficient (Wildman–Crippen LogP) is 3.12. The van der Waals surface area contributed by atoms with Crippen molar-refractivity contribution < 1.29 is 22.1 Å². The van der Waals surface area contributed by atoms with Gasteiger partial charge in [-0.3, -0.25) is 0 Å². The number of para-hydroxylation sites is 1. The lowest BCUT2D eigenvalue weighted by atomic mass is 10.0. The van der Waals surface area contributed by atoms with Crippen LogP contribution < -0.4 is 4.74 Å². The maximum absolute atomic E-state index is 13.1. The highest BCUT2D eigenvalue weighted by atomic mass is 32.2. The van der Waals surface area contributed by atoms with E-state index in [0.29, 0.717) is 28.9 Å². The number of hydrogen-bond donors (Lipinski definition) is 0. The van der Waals surface area contributed by atoms with Gasteiger partial charge < -0.3 is 9.26 Å². The minimum atomic E-state index is -3.67. The van der Waals surface area contributed by atoms with Crippen LogP contribution in [-0.4, -0.2) is 42.6 Å². The van der Waals surface area contributed by atoms with Crippen LogP contribution in [0, 0.1) is 5.13 Å². The molecule has 4 rings (SSSR count). The Labute approximate surface area is 159 Å². The lowest BCUT2D eigenvalue weighted by Gasteiger charge is -2.36. The van der Waals surface area contributed by atoms with E-state index in [-0.39, 0.29) is 29.0 Å². The van der Waals surface area contributed by atoms with Gasteiger partial charge in [0.1, 0.15) is 10.6 Å². The molecular formula is C17H16FN3O4S2. The van der Waals surface area contributed by atoms with Gasteiger partial charge in [0, 0.05) is 13.1 Å². The van der Waals surface area contributed by atoms with Crippen molar-refractivity contribution in [1.82, 2.24) is 14.4 Å². The molecule has 142 valence electrons. The molecule has 2 aromatic heterocycles. The molecule has 0 N–H and O–H groups in total. The summed E-state index contributed by atoms with van der Waals surface area (Å²) in [6.45, 7) is 2.66. The highest BCUT2D eigenvalue weighted by molar-refractivity contribution is 7.89. The van der Waals surface area contributed by atoms with Gasteiger partial charge in [-0.05, 0) is 31.2 Å². The van der Waals surface area contributed by atoms with E-state index in [1.807, 2.05) is 0 Å². The Hall–Kier alpha value is -2.30. The van der Waals surface area contributed by atoms with E-state index in [2.05, 4.69) is 10.1 Å². The second-order valence-electron chi connectivity index (χ2n) is 5.96. The van der Waals surface area contributed by atoms with Crippen molar-refractivity contribution in [3.05, 3.63) is 47.4 Å². The number of benzene rings is 1. The van der Waals surface area contributed by atoms with E-state index in [1.165, 1.54) is 16.4 Å². The zero-order valence-corrected chi connectivity index (χ0v) is 16.0. The van der Waals surface area contributed by atoms with Crippen molar-refractivity contribution in [2.75, 3.05) is 19.7 Å². The van der Waals surface area contributed by atoms with Gasteiger partial charge in [0.15, 0.2) is 5.13 Å². The third-order valence-corrected chi connectivity index (χ3v) is 6.94. The summed E-state index contributed by atoms with van der Waals surface area (Å²) in [6.07, 6.45) is 0. The molecule has 0 saturated carbocycles. The summed E-state index contributed by atoms with van der Waals surface area (Å²) in [5.41, 5.74) is 0. The molecule has 0 atom stereocenters. The normalized spacial score (nSPS) is 15.6. The first kappa shape index (κ1) is 18.1. The first-order valence-corrected chi connectivity index (χ1v) is 10.6. The molecule has 0 bridgehead atoms. The molecule has 27 heavy (non-hydrogen) atoms. The largest absolute Gasteiger partial charge is 0.492 e. The Morgan fingerprint density at radius 1 is 1.30 bits per heavy atom. The average Bonchev–Trinajstić information content (AvgIpc) is 3.23. The second-order valence-corrected chi connectivity index (χ2v) is 8.90. The fourth-order valence-electron chi connectivity index (χ4n) is 2.80. The van der Waals surface area contributed by atoms with Gasteiger partial charge >= 0.3 is 0 Å². The van der Waals surface area contributed by atoms with Crippen molar-refractivity contribution in [3.63, 3.8) is 0 Å². The van der Waals surface area contributed by atoms with Crippen LogP contribution >= 0.6 is 11.3 Å². The lowest BCUT2D eigenvalue weighted by molar-refractivity contribution is 0.216. The van der Waals surface area contributed by atoms with E-state index < -0.39 is 10.0 Å². The number of hydrogen-bond acceptors (Lipinski definition) is 7. The Balaban J connectivity index is 1.49. The van der Waals surface area contributed by atoms with Crippen LogP contribution in [0.5, 0.6) is 5.75 Å². The lowest BCUT2D eigenvalue weighted by Crippen LogP contribution is -2.48. The molecule has 1 aromatic carbocycles. The first-order chi connectivity index (χ1) is 13.0. The fourth-order valence-corrected chi connectivity index (χ4v) is 5.12. The Bertz CT molecular complexity index is 1060. The standard InChI is InChI=1S/C17H16FN3O4S2/c1-2-24-12-5-3-4-6-14(12)27(22,23)21-9-11(10-21)17-19-16(20-25-17)13-7-8-15(18)26-13/h3-8,11H,2,9-10H2,1H3. The minimum absolute atomic E-state index is 0.144. The maximum Gasteiger partial charge on any atom is 0.246 e. The Kier molecular flexibility index (Phi) is 4.70. The number of halogens is 1. The first-order valence-electron chi connectivity index (χ1n) is 8.30. The van der Waals surface area contributed by atoms with Gasteiger partial charge in [0.2, 0.25) is 21.7 Å². The molecule has 10 heteroatoms. The second kappa shape index (κ2) is 7.02. The van der Waals surface area contributed by atoms with E-state index in [9.17, 15) is 12.8 Å². The Morgan fingerprint density at radius 3 is 2.78 bits per heavy atom. The van der Waals surface area contributed by atoms with Crippen LogP contribution in [0.2, 0.25) is 0 Å². The molecule has 0 unspecified atom stereocenters. The van der Waals surface area contributed by atoms with Gasteiger partial charge in [0.05, 0.1) is 17.4 Å². The molecule has 1 saturated heterocycles. The van der Waals surface area contributed by atoms with Crippen molar-refractivity contribution in [2.24, 2.45) is 0 Å². The number of sulfonamides is 1. The van der Waals surface area contributed by atoms with Crippen LogP contribution in [0.3, 0.4) is 0 Å². The molecule has 0 aliphatic carbocycles. The van der Waals surface area contributed by atoms with Crippen molar-refractivity contribution in [1.29, 1.82) is 0 Å². The fraction of sp³-hybridized carbons (Fsp3) is 0.294. The van der Waals surface area contributed by atoms with Crippen LogP contribution in [0.25, 0.3) is 10.7 Å². The zero-order chi connectivity index (χ0) is 19.0. The van der Waals surface area contributed by atoms with Crippen molar-refractivity contribution >= 4 is 21.4 Å². The summed E-state index contributed by atoms with van der Waals surface area (Å²) in [5.74, 6) is 0.804. The smallest absolute Gasteiger partial charge is 0.246 e. The van der Waals surface area contributed by atoms with Crippen LogP contribution in [0.1, 0.15) is 18.7 Å². The molecular weight excluding hydrogens is 393 g/mol. The number of nitrogens with zero attached hydrogens (tertiary/aromatic N) is 3. The average molecular weight is 409 g/mol. The van der Waals surface area contributed by atoms with E-state index in [1.54, 1.807) is 31.2 Å². The maximum atomic E-state index is 13.1. The van der Waals surface area contributed by atoms with E-state index >= 15 is 0 Å². The van der Waals surface area contributed by atoms with E-state index in [0.717, 1.165) is 11.3 Å². The number of thiophene rings is 1. The van der Waals surface area contributed by atoms with Crippen LogP contribution in [0.15, 0.2) is 45.8 Å². The Morgan fingerprint density at radius 2 is 2.07 bits per heavy atom. The quantitative estimate of drug-likeness (QED) is 0.622. The molecule has 3 aromatic rings. The summed E-state index contributed by atoms with van der Waals surface area (Å²) in [6, 6.07) is 9.48. The van der Waals surface area contributed by atoms with Gasteiger partial charge in [-0.15, -0.1) is 11.3 Å². The molecule has 1 aliphatic heterocycles. The van der Waals surface area contributed by atoms with E-state index in [4.69, 9.17) is 9.26 Å². The number of rotatable bonds is 6. The van der Waals surface area contributed by atoms with Crippen LogP contribution in [0.4, 0.5) is 4.39 Å². The molecule has 0 radical (unpaired) electrons. The van der Waals surface area contributed by atoms with Crippen LogP contribution in [-0.2, 0) is 10.0 Å². The summed E-state index contributed by atoms with van der Waals surface area (Å²) >= 11 is 0.928. The highest BCUT2D eigenvalue weighted by Crippen LogP contribution is 2.35. The number of aromatic nitrogens is 2. The third-order valence-electron chi connectivity index (χ3n) is 4.20. The monoisotopic (exact) mass is 409 g/mol. The molecule has 0 amide bonds. The topological polar surface area (TPSA) is 85.5 Å². The SMILES string of the molecule is CCOc1ccccc1S(=O)(=O)N1CC(c2nc(-c3ccc(F)s3)no2)C1. The van der Waals surface area contributed by atoms with Gasteiger partial charge in [-0.1, -0.05) is 17.3 Å². The van der Waals surface area contributed by atoms with Gasteiger partial charge in [-0.2, -0.15) is 13.7 Å². The van der Waals surface area contributed by atoms with Gasteiger partial charge in [0.25, 0.3) is 0 Å².